The van der Waals surface area contributed by atoms with Crippen LogP contribution in [0.25, 0.3) is 0 Å². The number of piperidine rings is 1. The molecule has 1 unspecified atom stereocenters. The van der Waals surface area contributed by atoms with Gasteiger partial charge in [-0.15, -0.1) is 0 Å². The number of sulfonamides is 1. The van der Waals surface area contributed by atoms with E-state index in [1.54, 1.807) is 0 Å². The fourth-order valence-corrected chi connectivity index (χ4v) is 4.29. The molecular weight excluding hydrogens is 316 g/mol. The molecule has 2 aliphatic heterocycles. The highest BCUT2D eigenvalue weighted by Crippen LogP contribution is 2.37. The van der Waals surface area contributed by atoms with Crippen LogP contribution in [0, 0.1) is 0 Å². The van der Waals surface area contributed by atoms with Crippen molar-refractivity contribution in [3.05, 3.63) is 17.2 Å². The van der Waals surface area contributed by atoms with Crippen molar-refractivity contribution >= 4 is 21.6 Å². The maximum Gasteiger partial charge on any atom is 0.242 e. The Labute approximate surface area is 128 Å². The summed E-state index contributed by atoms with van der Waals surface area (Å²) in [6.07, 6.45) is 1.76. The molecular formula is C13H17ClN2O4S. The predicted octanol–water partition coefficient (Wildman–Crippen LogP) is 1.14. The molecule has 2 N–H and O–H groups in total. The summed E-state index contributed by atoms with van der Waals surface area (Å²) in [5.74, 6) is 0.886. The van der Waals surface area contributed by atoms with Crippen LogP contribution in [0.5, 0.6) is 11.5 Å². The molecule has 0 aromatic heterocycles. The van der Waals surface area contributed by atoms with Gasteiger partial charge in [0, 0.05) is 24.7 Å². The Hall–Kier alpha value is -1.02. The smallest absolute Gasteiger partial charge is 0.242 e. The topological polar surface area (TPSA) is 76.7 Å². The van der Waals surface area contributed by atoms with Crippen molar-refractivity contribution in [3.8, 4) is 11.5 Å². The van der Waals surface area contributed by atoms with Gasteiger partial charge in [-0.05, 0) is 19.4 Å². The molecule has 0 radical (unpaired) electrons. The standard InChI is InChI=1S/C13H17ClN2O4S/c14-10-6-11-12(20-5-4-19-11)7-13(10)21(17,18)16-9-2-1-3-15-8-9/h6-7,9,15-16H,1-5,8H2. The Balaban J connectivity index is 1.87. The molecule has 2 heterocycles. The lowest BCUT2D eigenvalue weighted by molar-refractivity contribution is 0.171. The molecule has 0 bridgehead atoms. The third-order valence-electron chi connectivity index (χ3n) is 3.50. The lowest BCUT2D eigenvalue weighted by Crippen LogP contribution is -2.45. The molecule has 3 rings (SSSR count). The van der Waals surface area contributed by atoms with E-state index in [2.05, 4.69) is 10.0 Å². The molecule has 0 aliphatic carbocycles. The van der Waals surface area contributed by atoms with Crippen LogP contribution in [0.2, 0.25) is 5.02 Å². The van der Waals surface area contributed by atoms with Gasteiger partial charge in [0.05, 0.1) is 5.02 Å². The van der Waals surface area contributed by atoms with Gasteiger partial charge in [0.25, 0.3) is 0 Å². The molecule has 116 valence electrons. The van der Waals surface area contributed by atoms with Crippen molar-refractivity contribution < 1.29 is 17.9 Å². The van der Waals surface area contributed by atoms with Crippen LogP contribution >= 0.6 is 11.6 Å². The summed E-state index contributed by atoms with van der Waals surface area (Å²) in [6, 6.07) is 2.80. The summed E-state index contributed by atoms with van der Waals surface area (Å²) in [5.41, 5.74) is 0. The zero-order chi connectivity index (χ0) is 14.9. The summed E-state index contributed by atoms with van der Waals surface area (Å²) in [6.45, 7) is 2.37. The number of rotatable bonds is 3. The van der Waals surface area contributed by atoms with Crippen LogP contribution in [0.1, 0.15) is 12.8 Å². The van der Waals surface area contributed by atoms with Crippen LogP contribution in [0.3, 0.4) is 0 Å². The predicted molar refractivity (Wildman–Crippen MR) is 78.7 cm³/mol. The normalized spacial score (nSPS) is 22.0. The van der Waals surface area contributed by atoms with Gasteiger partial charge in [0.15, 0.2) is 11.5 Å². The molecule has 8 heteroatoms. The Morgan fingerprint density at radius 3 is 2.62 bits per heavy atom. The highest BCUT2D eigenvalue weighted by molar-refractivity contribution is 7.89. The van der Waals surface area contributed by atoms with Gasteiger partial charge < -0.3 is 14.8 Å². The molecule has 1 atom stereocenters. The highest BCUT2D eigenvalue weighted by Gasteiger charge is 2.26. The molecule has 21 heavy (non-hydrogen) atoms. The molecule has 1 aromatic carbocycles. The summed E-state index contributed by atoms with van der Waals surface area (Å²) >= 11 is 6.09. The molecule has 2 aliphatic rings. The fraction of sp³-hybridized carbons (Fsp3) is 0.538. The zero-order valence-corrected chi connectivity index (χ0v) is 13.0. The Kier molecular flexibility index (Phi) is 4.26. The van der Waals surface area contributed by atoms with Gasteiger partial charge in [-0.25, -0.2) is 13.1 Å². The van der Waals surface area contributed by atoms with Gasteiger partial charge in [0.2, 0.25) is 10.0 Å². The molecule has 1 saturated heterocycles. The van der Waals surface area contributed by atoms with E-state index in [-0.39, 0.29) is 16.0 Å². The van der Waals surface area contributed by atoms with Crippen LogP contribution in [-0.4, -0.2) is 40.8 Å². The second-order valence-corrected chi connectivity index (χ2v) is 7.18. The zero-order valence-electron chi connectivity index (χ0n) is 11.4. The van der Waals surface area contributed by atoms with Gasteiger partial charge in [-0.2, -0.15) is 0 Å². The first kappa shape index (κ1) is 14.9. The fourth-order valence-electron chi connectivity index (χ4n) is 2.49. The molecule has 0 amide bonds. The van der Waals surface area contributed by atoms with Crippen molar-refractivity contribution in [2.75, 3.05) is 26.3 Å². The monoisotopic (exact) mass is 332 g/mol. The first-order valence-corrected chi connectivity index (χ1v) is 8.74. The van der Waals surface area contributed by atoms with E-state index in [0.29, 0.717) is 31.3 Å². The minimum absolute atomic E-state index is 0.0268. The number of hydrogen-bond donors (Lipinski definition) is 2. The third kappa shape index (κ3) is 3.26. The summed E-state index contributed by atoms with van der Waals surface area (Å²) < 4.78 is 38.5. The van der Waals surface area contributed by atoms with E-state index < -0.39 is 10.0 Å². The summed E-state index contributed by atoms with van der Waals surface area (Å²) in [7, 11) is -3.68. The Morgan fingerprint density at radius 2 is 1.95 bits per heavy atom. The average molecular weight is 333 g/mol. The minimum atomic E-state index is -3.68. The number of benzene rings is 1. The van der Waals surface area contributed by atoms with E-state index in [9.17, 15) is 8.42 Å². The van der Waals surface area contributed by atoms with Gasteiger partial charge in [-0.3, -0.25) is 0 Å². The van der Waals surface area contributed by atoms with Crippen LogP contribution in [0.15, 0.2) is 17.0 Å². The van der Waals surface area contributed by atoms with E-state index >= 15 is 0 Å². The van der Waals surface area contributed by atoms with E-state index in [1.807, 2.05) is 0 Å². The van der Waals surface area contributed by atoms with Crippen molar-refractivity contribution in [1.82, 2.24) is 10.0 Å². The van der Waals surface area contributed by atoms with Gasteiger partial charge >= 0.3 is 0 Å². The number of halogens is 1. The Morgan fingerprint density at radius 1 is 1.24 bits per heavy atom. The lowest BCUT2D eigenvalue weighted by Gasteiger charge is -2.24. The van der Waals surface area contributed by atoms with Crippen LogP contribution in [-0.2, 0) is 10.0 Å². The van der Waals surface area contributed by atoms with Crippen LogP contribution < -0.4 is 19.5 Å². The van der Waals surface area contributed by atoms with Gasteiger partial charge in [-0.1, -0.05) is 11.6 Å². The largest absolute Gasteiger partial charge is 0.486 e. The first-order chi connectivity index (χ1) is 10.1. The van der Waals surface area contributed by atoms with Crippen molar-refractivity contribution in [2.24, 2.45) is 0 Å². The summed E-state index contributed by atoms with van der Waals surface area (Å²) in [4.78, 5) is 0.0268. The lowest BCUT2D eigenvalue weighted by atomic mass is 10.1. The second-order valence-electron chi connectivity index (χ2n) is 5.09. The number of fused-ring (bicyclic) bond motifs is 1. The number of ether oxygens (including phenoxy) is 2. The minimum Gasteiger partial charge on any atom is -0.486 e. The number of nitrogens with one attached hydrogen (secondary N) is 2. The molecule has 0 spiro atoms. The van der Waals surface area contributed by atoms with Gasteiger partial charge in [0.1, 0.15) is 18.1 Å². The highest BCUT2D eigenvalue weighted by atomic mass is 35.5. The SMILES string of the molecule is O=S(=O)(NC1CCCNC1)c1cc2c(cc1Cl)OCCO2. The summed E-state index contributed by atoms with van der Waals surface area (Å²) in [5, 5.41) is 3.30. The molecule has 1 fully saturated rings. The third-order valence-corrected chi connectivity index (χ3v) is 5.49. The average Bonchev–Trinajstić information content (AvgIpc) is 2.47. The quantitative estimate of drug-likeness (QED) is 0.868. The van der Waals surface area contributed by atoms with Crippen LogP contribution in [0.4, 0.5) is 0 Å². The van der Waals surface area contributed by atoms with E-state index in [4.69, 9.17) is 21.1 Å². The first-order valence-electron chi connectivity index (χ1n) is 6.88. The molecule has 1 aromatic rings. The molecule has 0 saturated carbocycles. The van der Waals surface area contributed by atoms with Crippen molar-refractivity contribution in [1.29, 1.82) is 0 Å². The van der Waals surface area contributed by atoms with E-state index in [0.717, 1.165) is 19.4 Å². The number of hydrogen-bond acceptors (Lipinski definition) is 5. The second kappa shape index (κ2) is 6.00. The van der Waals surface area contributed by atoms with Crippen molar-refractivity contribution in [3.63, 3.8) is 0 Å². The molecule has 6 nitrogen and oxygen atoms in total. The Bertz CT molecular complexity index is 629. The maximum atomic E-state index is 12.5. The van der Waals surface area contributed by atoms with Crippen molar-refractivity contribution in [2.45, 2.75) is 23.8 Å². The van der Waals surface area contributed by atoms with E-state index in [1.165, 1.54) is 12.1 Å². The maximum absolute atomic E-state index is 12.5.